The predicted molar refractivity (Wildman–Crippen MR) is 67.6 cm³/mol. The van der Waals surface area contributed by atoms with Gasteiger partial charge in [0, 0.05) is 6.21 Å². The molecule has 0 aromatic heterocycles. The van der Waals surface area contributed by atoms with Crippen LogP contribution in [0.2, 0.25) is 0 Å². The van der Waals surface area contributed by atoms with Gasteiger partial charge in [0.15, 0.2) is 9.84 Å². The van der Waals surface area contributed by atoms with Gasteiger partial charge in [-0.15, -0.1) is 0 Å². The molecule has 1 aliphatic rings. The average molecular weight is 253 g/mol. The van der Waals surface area contributed by atoms with Gasteiger partial charge in [-0.25, -0.2) is 8.42 Å². The Morgan fingerprint density at radius 2 is 2.06 bits per heavy atom. The van der Waals surface area contributed by atoms with Crippen LogP contribution in [0.5, 0.6) is 5.75 Å². The number of ether oxygens (including phenoxy) is 1. The molecule has 0 N–H and O–H groups in total. The third-order valence-corrected chi connectivity index (χ3v) is 4.51. The normalized spacial score (nSPS) is 23.0. The Morgan fingerprint density at radius 3 is 2.59 bits per heavy atom. The van der Waals surface area contributed by atoms with Crippen LogP contribution in [0.15, 0.2) is 29.3 Å². The Morgan fingerprint density at radius 1 is 1.35 bits per heavy atom. The van der Waals surface area contributed by atoms with Crippen LogP contribution >= 0.6 is 0 Å². The van der Waals surface area contributed by atoms with Crippen molar-refractivity contribution < 1.29 is 13.2 Å². The van der Waals surface area contributed by atoms with Gasteiger partial charge >= 0.3 is 0 Å². The zero-order chi connectivity index (χ0) is 12.3. The van der Waals surface area contributed by atoms with E-state index in [2.05, 4.69) is 4.99 Å². The first-order valence-electron chi connectivity index (χ1n) is 5.47. The van der Waals surface area contributed by atoms with E-state index in [-0.39, 0.29) is 17.5 Å². The Kier molecular flexibility index (Phi) is 3.47. The van der Waals surface area contributed by atoms with Crippen LogP contribution in [0.1, 0.15) is 12.0 Å². The van der Waals surface area contributed by atoms with E-state index in [1.165, 1.54) is 0 Å². The summed E-state index contributed by atoms with van der Waals surface area (Å²) in [6, 6.07) is 7.42. The molecule has 1 aromatic rings. The Labute approximate surface area is 101 Å². The molecule has 0 radical (unpaired) electrons. The molecule has 0 aliphatic carbocycles. The van der Waals surface area contributed by atoms with Gasteiger partial charge in [0.2, 0.25) is 0 Å². The first kappa shape index (κ1) is 12.1. The fraction of sp³-hybridized carbons (Fsp3) is 0.417. The minimum Gasteiger partial charge on any atom is -0.497 e. The first-order chi connectivity index (χ1) is 8.09. The van der Waals surface area contributed by atoms with Crippen molar-refractivity contribution in [3.8, 4) is 5.75 Å². The van der Waals surface area contributed by atoms with Crippen molar-refractivity contribution in [3.05, 3.63) is 29.8 Å². The first-order valence-corrected chi connectivity index (χ1v) is 7.29. The highest BCUT2D eigenvalue weighted by Crippen LogP contribution is 2.15. The van der Waals surface area contributed by atoms with Gasteiger partial charge in [0.1, 0.15) is 5.75 Å². The second-order valence-electron chi connectivity index (χ2n) is 4.11. The van der Waals surface area contributed by atoms with Crippen molar-refractivity contribution in [3.63, 3.8) is 0 Å². The average Bonchev–Trinajstić information content (AvgIpc) is 2.67. The number of methoxy groups -OCH3 is 1. The molecule has 4 nitrogen and oxygen atoms in total. The third kappa shape index (κ3) is 3.30. The SMILES string of the molecule is COc1ccc(C=NC2CCS(=O)(=O)C2)cc1. The lowest BCUT2D eigenvalue weighted by Crippen LogP contribution is -2.07. The molecule has 1 aromatic carbocycles. The molecule has 17 heavy (non-hydrogen) atoms. The van der Waals surface area contributed by atoms with Crippen LogP contribution in [0, 0.1) is 0 Å². The lowest BCUT2D eigenvalue weighted by Gasteiger charge is -2.01. The van der Waals surface area contributed by atoms with Crippen LogP contribution in [-0.2, 0) is 9.84 Å². The number of aliphatic imine (C=N–C) groups is 1. The summed E-state index contributed by atoms with van der Waals surface area (Å²) in [4.78, 5) is 4.30. The monoisotopic (exact) mass is 253 g/mol. The molecule has 1 unspecified atom stereocenters. The van der Waals surface area contributed by atoms with E-state index in [1.807, 2.05) is 24.3 Å². The lowest BCUT2D eigenvalue weighted by molar-refractivity contribution is 0.415. The van der Waals surface area contributed by atoms with E-state index >= 15 is 0 Å². The number of hydrogen-bond donors (Lipinski definition) is 0. The highest BCUT2D eigenvalue weighted by molar-refractivity contribution is 7.91. The van der Waals surface area contributed by atoms with E-state index in [4.69, 9.17) is 4.74 Å². The summed E-state index contributed by atoms with van der Waals surface area (Å²) < 4.78 is 27.5. The number of nitrogens with zero attached hydrogens (tertiary/aromatic N) is 1. The molecule has 0 spiro atoms. The summed E-state index contributed by atoms with van der Waals surface area (Å²) in [5.74, 6) is 1.24. The molecule has 5 heteroatoms. The summed E-state index contributed by atoms with van der Waals surface area (Å²) in [5.41, 5.74) is 0.954. The van der Waals surface area contributed by atoms with Gasteiger partial charge < -0.3 is 4.74 Å². The van der Waals surface area contributed by atoms with Gasteiger partial charge in [-0.2, -0.15) is 0 Å². The van der Waals surface area contributed by atoms with Crippen molar-refractivity contribution >= 4 is 16.1 Å². The number of benzene rings is 1. The fourth-order valence-electron chi connectivity index (χ4n) is 1.77. The second-order valence-corrected chi connectivity index (χ2v) is 6.34. The molecule has 0 amide bonds. The van der Waals surface area contributed by atoms with Gasteiger partial charge in [0.05, 0.1) is 24.7 Å². The van der Waals surface area contributed by atoms with E-state index in [1.54, 1.807) is 13.3 Å². The van der Waals surface area contributed by atoms with Gasteiger partial charge in [0.25, 0.3) is 0 Å². The van der Waals surface area contributed by atoms with Crippen molar-refractivity contribution in [2.45, 2.75) is 12.5 Å². The molecule has 92 valence electrons. The zero-order valence-electron chi connectivity index (χ0n) is 9.67. The zero-order valence-corrected chi connectivity index (χ0v) is 10.5. The topological polar surface area (TPSA) is 55.7 Å². The van der Waals surface area contributed by atoms with Crippen LogP contribution in [0.3, 0.4) is 0 Å². The van der Waals surface area contributed by atoms with E-state index in [0.717, 1.165) is 11.3 Å². The Bertz CT molecular complexity index is 505. The van der Waals surface area contributed by atoms with Crippen molar-refractivity contribution in [1.29, 1.82) is 0 Å². The predicted octanol–water partition coefficient (Wildman–Crippen LogP) is 1.30. The van der Waals surface area contributed by atoms with Crippen LogP contribution in [0.4, 0.5) is 0 Å². The van der Waals surface area contributed by atoms with E-state index in [9.17, 15) is 8.42 Å². The van der Waals surface area contributed by atoms with Crippen molar-refractivity contribution in [2.75, 3.05) is 18.6 Å². The summed E-state index contributed by atoms with van der Waals surface area (Å²) in [5, 5.41) is 0. The van der Waals surface area contributed by atoms with E-state index in [0.29, 0.717) is 6.42 Å². The lowest BCUT2D eigenvalue weighted by atomic mass is 10.2. The fourth-order valence-corrected chi connectivity index (χ4v) is 3.41. The molecular weight excluding hydrogens is 238 g/mol. The minimum absolute atomic E-state index is 0.0814. The van der Waals surface area contributed by atoms with Crippen LogP contribution < -0.4 is 4.74 Å². The smallest absolute Gasteiger partial charge is 0.152 e. The number of hydrogen-bond acceptors (Lipinski definition) is 4. The summed E-state index contributed by atoms with van der Waals surface area (Å²) in [6.45, 7) is 0. The summed E-state index contributed by atoms with van der Waals surface area (Å²) >= 11 is 0. The number of rotatable bonds is 3. The summed E-state index contributed by atoms with van der Waals surface area (Å²) in [7, 11) is -1.23. The molecule has 1 heterocycles. The molecule has 1 atom stereocenters. The molecular formula is C12H15NO3S. The van der Waals surface area contributed by atoms with Crippen LogP contribution in [0.25, 0.3) is 0 Å². The van der Waals surface area contributed by atoms with Gasteiger partial charge in [-0.1, -0.05) is 0 Å². The van der Waals surface area contributed by atoms with E-state index < -0.39 is 9.84 Å². The maximum atomic E-state index is 11.2. The van der Waals surface area contributed by atoms with Crippen LogP contribution in [-0.4, -0.2) is 39.3 Å². The molecule has 0 bridgehead atoms. The Hall–Kier alpha value is -1.36. The molecule has 1 aliphatic heterocycles. The Balaban J connectivity index is 2.01. The highest BCUT2D eigenvalue weighted by atomic mass is 32.2. The van der Waals surface area contributed by atoms with Crippen molar-refractivity contribution in [1.82, 2.24) is 0 Å². The molecule has 1 fully saturated rings. The standard InChI is InChI=1S/C12H15NO3S/c1-16-12-4-2-10(3-5-12)8-13-11-6-7-17(14,15)9-11/h2-5,8,11H,6-7,9H2,1H3. The minimum atomic E-state index is -2.84. The maximum Gasteiger partial charge on any atom is 0.152 e. The third-order valence-electron chi connectivity index (χ3n) is 2.76. The van der Waals surface area contributed by atoms with Gasteiger partial charge in [-0.3, -0.25) is 4.99 Å². The maximum absolute atomic E-state index is 11.2. The van der Waals surface area contributed by atoms with Gasteiger partial charge in [-0.05, 0) is 36.2 Å². The molecule has 0 saturated carbocycles. The second kappa shape index (κ2) is 4.87. The van der Waals surface area contributed by atoms with Crippen molar-refractivity contribution in [2.24, 2.45) is 4.99 Å². The summed E-state index contributed by atoms with van der Waals surface area (Å²) in [6.07, 6.45) is 2.36. The molecule has 1 saturated heterocycles. The molecule has 2 rings (SSSR count). The largest absolute Gasteiger partial charge is 0.497 e. The quantitative estimate of drug-likeness (QED) is 0.763. The number of sulfone groups is 1. The highest BCUT2D eigenvalue weighted by Gasteiger charge is 2.26.